The van der Waals surface area contributed by atoms with Gasteiger partial charge in [0.2, 0.25) is 0 Å². The quantitative estimate of drug-likeness (QED) is 0.835. The standard InChI is InChI=1S/C12H22N4O/c1-10(2)16-4-3-14-12(16)9-15-5-6-17-11(7-13)8-15/h3-4,10-11H,5-9,13H2,1-2H3. The Morgan fingerprint density at radius 1 is 1.59 bits per heavy atom. The number of imidazole rings is 1. The zero-order valence-electron chi connectivity index (χ0n) is 10.7. The Hall–Kier alpha value is -0.910. The van der Waals surface area contributed by atoms with Gasteiger partial charge in [0, 0.05) is 38.1 Å². The van der Waals surface area contributed by atoms with Crippen molar-refractivity contribution < 1.29 is 4.74 Å². The number of hydrogen-bond acceptors (Lipinski definition) is 4. The molecule has 1 aliphatic heterocycles. The van der Waals surface area contributed by atoms with Gasteiger partial charge < -0.3 is 15.0 Å². The molecule has 17 heavy (non-hydrogen) atoms. The predicted octanol–water partition coefficient (Wildman–Crippen LogP) is 0.624. The maximum absolute atomic E-state index is 5.64. The van der Waals surface area contributed by atoms with Gasteiger partial charge in [-0.1, -0.05) is 0 Å². The summed E-state index contributed by atoms with van der Waals surface area (Å²) < 4.78 is 7.78. The van der Waals surface area contributed by atoms with Crippen molar-refractivity contribution >= 4 is 0 Å². The Morgan fingerprint density at radius 3 is 3.12 bits per heavy atom. The molecule has 0 aromatic carbocycles. The molecule has 0 aliphatic carbocycles. The average Bonchev–Trinajstić information content (AvgIpc) is 2.77. The zero-order chi connectivity index (χ0) is 12.3. The van der Waals surface area contributed by atoms with E-state index < -0.39 is 0 Å². The number of nitrogens with two attached hydrogens (primary N) is 1. The largest absolute Gasteiger partial charge is 0.374 e. The lowest BCUT2D eigenvalue weighted by Gasteiger charge is -2.32. The van der Waals surface area contributed by atoms with Crippen molar-refractivity contribution in [2.75, 3.05) is 26.2 Å². The first-order valence-electron chi connectivity index (χ1n) is 6.26. The topological polar surface area (TPSA) is 56.3 Å². The Balaban J connectivity index is 1.98. The number of morpholine rings is 1. The van der Waals surface area contributed by atoms with Gasteiger partial charge in [-0.3, -0.25) is 4.90 Å². The van der Waals surface area contributed by atoms with Gasteiger partial charge in [0.05, 0.1) is 19.3 Å². The molecule has 0 spiro atoms. The van der Waals surface area contributed by atoms with E-state index in [1.54, 1.807) is 0 Å². The van der Waals surface area contributed by atoms with Crippen LogP contribution in [-0.4, -0.2) is 46.8 Å². The molecule has 1 unspecified atom stereocenters. The molecule has 1 atom stereocenters. The summed E-state index contributed by atoms with van der Waals surface area (Å²) in [5, 5.41) is 0. The molecule has 0 bridgehead atoms. The fraction of sp³-hybridized carbons (Fsp3) is 0.750. The SMILES string of the molecule is CC(C)n1ccnc1CN1CCOC(CN)C1. The Bertz CT molecular complexity index is 350. The van der Waals surface area contributed by atoms with Crippen molar-refractivity contribution in [3.05, 3.63) is 18.2 Å². The van der Waals surface area contributed by atoms with E-state index in [4.69, 9.17) is 10.5 Å². The molecule has 96 valence electrons. The van der Waals surface area contributed by atoms with Gasteiger partial charge in [-0.25, -0.2) is 4.98 Å². The van der Waals surface area contributed by atoms with Gasteiger partial charge >= 0.3 is 0 Å². The zero-order valence-corrected chi connectivity index (χ0v) is 10.7. The minimum atomic E-state index is 0.172. The van der Waals surface area contributed by atoms with Crippen LogP contribution in [0.25, 0.3) is 0 Å². The molecule has 5 heteroatoms. The van der Waals surface area contributed by atoms with Crippen molar-refractivity contribution in [2.45, 2.75) is 32.5 Å². The summed E-state index contributed by atoms with van der Waals surface area (Å²) in [4.78, 5) is 6.79. The molecule has 0 radical (unpaired) electrons. The van der Waals surface area contributed by atoms with Crippen LogP contribution in [0.4, 0.5) is 0 Å². The maximum Gasteiger partial charge on any atom is 0.123 e. The van der Waals surface area contributed by atoms with Crippen LogP contribution in [0.15, 0.2) is 12.4 Å². The molecule has 5 nitrogen and oxygen atoms in total. The third kappa shape index (κ3) is 3.06. The maximum atomic E-state index is 5.64. The van der Waals surface area contributed by atoms with Gasteiger partial charge in [-0.2, -0.15) is 0 Å². The van der Waals surface area contributed by atoms with Gasteiger partial charge in [-0.05, 0) is 13.8 Å². The lowest BCUT2D eigenvalue weighted by atomic mass is 10.2. The van der Waals surface area contributed by atoms with E-state index in [9.17, 15) is 0 Å². The van der Waals surface area contributed by atoms with E-state index in [1.807, 2.05) is 12.4 Å². The second kappa shape index (κ2) is 5.62. The third-order valence-electron chi connectivity index (χ3n) is 3.16. The second-order valence-electron chi connectivity index (χ2n) is 4.81. The average molecular weight is 238 g/mol. The summed E-state index contributed by atoms with van der Waals surface area (Å²) in [6, 6.07) is 0.457. The molecular formula is C12H22N4O. The third-order valence-corrected chi connectivity index (χ3v) is 3.16. The molecule has 2 rings (SSSR count). The minimum Gasteiger partial charge on any atom is -0.374 e. The van der Waals surface area contributed by atoms with Crippen LogP contribution in [0, 0.1) is 0 Å². The Labute approximate surface area is 103 Å². The van der Waals surface area contributed by atoms with Crippen LogP contribution in [0.2, 0.25) is 0 Å². The summed E-state index contributed by atoms with van der Waals surface area (Å²) >= 11 is 0. The van der Waals surface area contributed by atoms with Crippen molar-refractivity contribution in [3.63, 3.8) is 0 Å². The van der Waals surface area contributed by atoms with Crippen molar-refractivity contribution in [3.8, 4) is 0 Å². The number of rotatable bonds is 4. The molecule has 1 fully saturated rings. The molecule has 2 N–H and O–H groups in total. The molecule has 1 saturated heterocycles. The highest BCUT2D eigenvalue weighted by molar-refractivity contribution is 4.95. The van der Waals surface area contributed by atoms with Crippen LogP contribution in [0.3, 0.4) is 0 Å². The van der Waals surface area contributed by atoms with Crippen molar-refractivity contribution in [2.24, 2.45) is 5.73 Å². The van der Waals surface area contributed by atoms with Crippen molar-refractivity contribution in [1.29, 1.82) is 0 Å². The van der Waals surface area contributed by atoms with Gasteiger partial charge in [0.1, 0.15) is 5.82 Å². The molecule has 0 amide bonds. The van der Waals surface area contributed by atoms with Crippen LogP contribution in [0.5, 0.6) is 0 Å². The summed E-state index contributed by atoms with van der Waals surface area (Å²) in [5.74, 6) is 1.12. The molecule has 0 saturated carbocycles. The summed E-state index contributed by atoms with van der Waals surface area (Å²) in [7, 11) is 0. The molecule has 1 aromatic rings. The van der Waals surface area contributed by atoms with Crippen LogP contribution >= 0.6 is 0 Å². The number of ether oxygens (including phenoxy) is 1. The summed E-state index contributed by atoms with van der Waals surface area (Å²) in [6.45, 7) is 8.45. The highest BCUT2D eigenvalue weighted by Crippen LogP contribution is 2.12. The Morgan fingerprint density at radius 2 is 2.41 bits per heavy atom. The van der Waals surface area contributed by atoms with Crippen molar-refractivity contribution in [1.82, 2.24) is 14.5 Å². The highest BCUT2D eigenvalue weighted by Gasteiger charge is 2.20. The lowest BCUT2D eigenvalue weighted by molar-refractivity contribution is -0.0271. The molecule has 1 aromatic heterocycles. The normalized spacial score (nSPS) is 22.2. The summed E-state index contributed by atoms with van der Waals surface area (Å²) in [6.07, 6.45) is 4.09. The first-order chi connectivity index (χ1) is 8.20. The van der Waals surface area contributed by atoms with E-state index in [0.717, 1.165) is 32.1 Å². The molecule has 1 aliphatic rings. The van der Waals surface area contributed by atoms with Gasteiger partial charge in [-0.15, -0.1) is 0 Å². The second-order valence-corrected chi connectivity index (χ2v) is 4.81. The van der Waals surface area contributed by atoms with Crippen LogP contribution in [-0.2, 0) is 11.3 Å². The van der Waals surface area contributed by atoms with Gasteiger partial charge in [0.15, 0.2) is 0 Å². The van der Waals surface area contributed by atoms with Crippen LogP contribution < -0.4 is 5.73 Å². The fourth-order valence-electron chi connectivity index (χ4n) is 2.20. The predicted molar refractivity (Wildman–Crippen MR) is 66.7 cm³/mol. The molecular weight excluding hydrogens is 216 g/mol. The minimum absolute atomic E-state index is 0.172. The lowest BCUT2D eigenvalue weighted by Crippen LogP contribution is -2.45. The smallest absolute Gasteiger partial charge is 0.123 e. The number of aromatic nitrogens is 2. The first kappa shape index (κ1) is 12.5. The van der Waals surface area contributed by atoms with E-state index in [0.29, 0.717) is 12.6 Å². The number of nitrogens with zero attached hydrogens (tertiary/aromatic N) is 3. The van der Waals surface area contributed by atoms with E-state index >= 15 is 0 Å². The fourth-order valence-corrected chi connectivity index (χ4v) is 2.20. The van der Waals surface area contributed by atoms with Gasteiger partial charge in [0.25, 0.3) is 0 Å². The Kier molecular flexibility index (Phi) is 4.15. The van der Waals surface area contributed by atoms with E-state index in [1.165, 1.54) is 0 Å². The monoisotopic (exact) mass is 238 g/mol. The number of hydrogen-bond donors (Lipinski definition) is 1. The van der Waals surface area contributed by atoms with E-state index in [-0.39, 0.29) is 6.10 Å². The highest BCUT2D eigenvalue weighted by atomic mass is 16.5. The van der Waals surface area contributed by atoms with E-state index in [2.05, 4.69) is 28.3 Å². The molecule has 2 heterocycles. The first-order valence-corrected chi connectivity index (χ1v) is 6.26. The van der Waals surface area contributed by atoms with Crippen LogP contribution in [0.1, 0.15) is 25.7 Å². The summed E-state index contributed by atoms with van der Waals surface area (Å²) in [5.41, 5.74) is 5.64.